The van der Waals surface area contributed by atoms with Gasteiger partial charge in [-0.1, -0.05) is 12.1 Å². The molecule has 0 bridgehead atoms. The third kappa shape index (κ3) is 3.44. The zero-order valence-corrected chi connectivity index (χ0v) is 15.0. The Kier molecular flexibility index (Phi) is 4.52. The third-order valence-electron chi connectivity index (χ3n) is 4.73. The summed E-state index contributed by atoms with van der Waals surface area (Å²) in [5.41, 5.74) is 1.64. The molecule has 2 amide bonds. The summed E-state index contributed by atoms with van der Waals surface area (Å²) in [7, 11) is 0. The Bertz CT molecular complexity index is 1210. The Morgan fingerprint density at radius 3 is 2.64 bits per heavy atom. The number of hydrogen-bond acceptors (Lipinski definition) is 4. The first-order valence-corrected chi connectivity index (χ1v) is 8.96. The SMILES string of the molecule is O=C(CCn1[nH]c(=O)c2ccccc2c1=O)Nc1ccc2c(c1)CCC(=O)N2. The van der Waals surface area contributed by atoms with Gasteiger partial charge in [0, 0.05) is 24.2 Å². The van der Waals surface area contributed by atoms with E-state index in [0.29, 0.717) is 29.3 Å². The number of amides is 2. The molecule has 8 heteroatoms. The number of nitrogens with one attached hydrogen (secondary N) is 3. The van der Waals surface area contributed by atoms with Crippen molar-refractivity contribution in [1.82, 2.24) is 9.78 Å². The molecule has 142 valence electrons. The number of rotatable bonds is 4. The molecule has 2 heterocycles. The molecule has 2 aromatic carbocycles. The van der Waals surface area contributed by atoms with Crippen LogP contribution in [0.3, 0.4) is 0 Å². The van der Waals surface area contributed by atoms with Gasteiger partial charge in [0.05, 0.1) is 17.3 Å². The predicted molar refractivity (Wildman–Crippen MR) is 105 cm³/mol. The molecule has 0 saturated heterocycles. The Morgan fingerprint density at radius 2 is 1.82 bits per heavy atom. The molecular weight excluding hydrogens is 360 g/mol. The van der Waals surface area contributed by atoms with Gasteiger partial charge in [-0.2, -0.15) is 0 Å². The number of benzene rings is 2. The van der Waals surface area contributed by atoms with Crippen LogP contribution in [0.2, 0.25) is 0 Å². The highest BCUT2D eigenvalue weighted by molar-refractivity contribution is 5.95. The zero-order valence-electron chi connectivity index (χ0n) is 15.0. The topological polar surface area (TPSA) is 113 Å². The zero-order chi connectivity index (χ0) is 19.7. The van der Waals surface area contributed by atoms with Crippen molar-refractivity contribution in [3.8, 4) is 0 Å². The van der Waals surface area contributed by atoms with Gasteiger partial charge in [0.25, 0.3) is 11.1 Å². The van der Waals surface area contributed by atoms with E-state index >= 15 is 0 Å². The smallest absolute Gasteiger partial charge is 0.273 e. The molecule has 1 aliphatic rings. The Morgan fingerprint density at radius 1 is 1.04 bits per heavy atom. The lowest BCUT2D eigenvalue weighted by atomic mass is 10.0. The van der Waals surface area contributed by atoms with Crippen molar-refractivity contribution in [2.24, 2.45) is 0 Å². The predicted octanol–water partition coefficient (Wildman–Crippen LogP) is 1.60. The van der Waals surface area contributed by atoms with E-state index in [1.165, 1.54) is 0 Å². The van der Waals surface area contributed by atoms with E-state index in [1.807, 2.05) is 6.07 Å². The van der Waals surface area contributed by atoms with Gasteiger partial charge >= 0.3 is 0 Å². The van der Waals surface area contributed by atoms with E-state index in [4.69, 9.17) is 0 Å². The molecule has 0 radical (unpaired) electrons. The largest absolute Gasteiger partial charge is 0.326 e. The van der Waals surface area contributed by atoms with Crippen LogP contribution >= 0.6 is 0 Å². The lowest BCUT2D eigenvalue weighted by molar-refractivity contribution is -0.117. The first kappa shape index (κ1) is 17.7. The van der Waals surface area contributed by atoms with Gasteiger partial charge in [-0.3, -0.25) is 24.3 Å². The lowest BCUT2D eigenvalue weighted by Crippen LogP contribution is -2.31. The standard InChI is InChI=1S/C20H18N4O4/c25-17-8-5-12-11-13(6-7-16(12)22-17)21-18(26)9-10-24-20(28)15-4-2-1-3-14(15)19(27)23-24/h1-4,6-7,11H,5,8-10H2,(H,21,26)(H,22,25)(H,23,27). The van der Waals surface area contributed by atoms with Crippen LogP contribution in [0, 0.1) is 0 Å². The maximum absolute atomic E-state index is 12.5. The first-order valence-electron chi connectivity index (χ1n) is 8.96. The molecule has 28 heavy (non-hydrogen) atoms. The monoisotopic (exact) mass is 378 g/mol. The van der Waals surface area contributed by atoms with Gasteiger partial charge in [0.2, 0.25) is 11.8 Å². The van der Waals surface area contributed by atoms with E-state index in [-0.39, 0.29) is 35.9 Å². The fourth-order valence-corrected chi connectivity index (χ4v) is 3.30. The van der Waals surface area contributed by atoms with Crippen molar-refractivity contribution in [2.45, 2.75) is 25.8 Å². The van der Waals surface area contributed by atoms with Gasteiger partial charge in [-0.25, -0.2) is 4.68 Å². The molecular formula is C20H18N4O4. The number of H-pyrrole nitrogens is 1. The molecule has 0 saturated carbocycles. The van der Waals surface area contributed by atoms with Crippen LogP contribution in [0.1, 0.15) is 18.4 Å². The number of anilines is 2. The number of carbonyl (C=O) groups is 2. The minimum atomic E-state index is -0.368. The minimum absolute atomic E-state index is 0.0147. The molecule has 0 unspecified atom stereocenters. The Labute approximate surface area is 159 Å². The molecule has 4 rings (SSSR count). The molecule has 0 aliphatic carbocycles. The van der Waals surface area contributed by atoms with Crippen LogP contribution in [0.15, 0.2) is 52.1 Å². The highest BCUT2D eigenvalue weighted by atomic mass is 16.2. The van der Waals surface area contributed by atoms with Gasteiger partial charge in [0.1, 0.15) is 0 Å². The highest BCUT2D eigenvalue weighted by Gasteiger charge is 2.15. The molecule has 0 atom stereocenters. The van der Waals surface area contributed by atoms with Crippen LogP contribution in [-0.2, 0) is 22.6 Å². The minimum Gasteiger partial charge on any atom is -0.326 e. The number of hydrogen-bond donors (Lipinski definition) is 3. The number of carbonyl (C=O) groups excluding carboxylic acids is 2. The quantitative estimate of drug-likeness (QED) is 0.640. The van der Waals surface area contributed by atoms with Crippen molar-refractivity contribution in [2.75, 3.05) is 10.6 Å². The Balaban J connectivity index is 1.46. The number of fused-ring (bicyclic) bond motifs is 2. The molecule has 0 fully saturated rings. The summed E-state index contributed by atoms with van der Waals surface area (Å²) >= 11 is 0. The van der Waals surface area contributed by atoms with E-state index in [1.54, 1.807) is 36.4 Å². The van der Waals surface area contributed by atoms with E-state index in [2.05, 4.69) is 15.7 Å². The van der Waals surface area contributed by atoms with Crippen LogP contribution < -0.4 is 21.8 Å². The van der Waals surface area contributed by atoms with Crippen LogP contribution in [0.4, 0.5) is 11.4 Å². The maximum Gasteiger partial charge on any atom is 0.273 e. The van der Waals surface area contributed by atoms with Gasteiger partial charge in [-0.05, 0) is 42.3 Å². The summed E-state index contributed by atoms with van der Waals surface area (Å²) in [6.07, 6.45) is 1.07. The van der Waals surface area contributed by atoms with E-state index in [0.717, 1.165) is 15.9 Å². The average Bonchev–Trinajstić information content (AvgIpc) is 2.70. The number of aromatic amines is 1. The van der Waals surface area contributed by atoms with Crippen molar-refractivity contribution >= 4 is 34.0 Å². The van der Waals surface area contributed by atoms with Crippen molar-refractivity contribution in [1.29, 1.82) is 0 Å². The third-order valence-corrected chi connectivity index (χ3v) is 4.73. The fourth-order valence-electron chi connectivity index (χ4n) is 3.30. The molecule has 3 N–H and O–H groups in total. The fraction of sp³-hybridized carbons (Fsp3) is 0.200. The molecule has 0 spiro atoms. The summed E-state index contributed by atoms with van der Waals surface area (Å²) in [5.74, 6) is -0.292. The summed E-state index contributed by atoms with van der Waals surface area (Å²) < 4.78 is 1.16. The maximum atomic E-state index is 12.5. The van der Waals surface area contributed by atoms with E-state index in [9.17, 15) is 19.2 Å². The van der Waals surface area contributed by atoms with Crippen LogP contribution in [-0.4, -0.2) is 21.6 Å². The van der Waals surface area contributed by atoms with Crippen LogP contribution in [0.5, 0.6) is 0 Å². The molecule has 1 aromatic heterocycles. The summed E-state index contributed by atoms with van der Waals surface area (Å²) in [5, 5.41) is 8.74. The van der Waals surface area contributed by atoms with Gasteiger partial charge in [-0.15, -0.1) is 0 Å². The average molecular weight is 378 g/mol. The number of aromatic nitrogens is 2. The van der Waals surface area contributed by atoms with Gasteiger partial charge in [0.15, 0.2) is 0 Å². The van der Waals surface area contributed by atoms with Crippen molar-refractivity contribution in [3.05, 3.63) is 68.7 Å². The normalized spacial score (nSPS) is 13.1. The second-order valence-electron chi connectivity index (χ2n) is 6.66. The number of aryl methyl sites for hydroxylation is 2. The Hall–Kier alpha value is -3.68. The molecule has 8 nitrogen and oxygen atoms in total. The summed E-state index contributed by atoms with van der Waals surface area (Å²) in [6, 6.07) is 11.9. The number of nitrogens with zero attached hydrogens (tertiary/aromatic N) is 1. The highest BCUT2D eigenvalue weighted by Crippen LogP contribution is 2.25. The van der Waals surface area contributed by atoms with Crippen LogP contribution in [0.25, 0.3) is 10.8 Å². The lowest BCUT2D eigenvalue weighted by Gasteiger charge is -2.17. The van der Waals surface area contributed by atoms with Crippen molar-refractivity contribution in [3.63, 3.8) is 0 Å². The molecule has 1 aliphatic heterocycles. The summed E-state index contributed by atoms with van der Waals surface area (Å²) in [4.78, 5) is 48.3. The second-order valence-corrected chi connectivity index (χ2v) is 6.66. The summed E-state index contributed by atoms with van der Waals surface area (Å²) in [6.45, 7) is 0.0612. The second kappa shape index (κ2) is 7.15. The van der Waals surface area contributed by atoms with E-state index < -0.39 is 0 Å². The van der Waals surface area contributed by atoms with Gasteiger partial charge < -0.3 is 10.6 Å². The first-order chi connectivity index (χ1) is 13.5. The van der Waals surface area contributed by atoms with Crippen molar-refractivity contribution < 1.29 is 9.59 Å². The molecule has 3 aromatic rings.